The van der Waals surface area contributed by atoms with Crippen LogP contribution >= 0.6 is 0 Å². The van der Waals surface area contributed by atoms with Crippen LogP contribution in [0.1, 0.15) is 21.5 Å². The number of anilines is 1. The van der Waals surface area contributed by atoms with E-state index in [0.717, 1.165) is 16.8 Å². The molecular weight excluding hydrogens is 332 g/mol. The Hall–Kier alpha value is -3.02. The number of benzene rings is 2. The largest absolute Gasteiger partial charge is 0.497 e. The Bertz CT molecular complexity index is 797. The summed E-state index contributed by atoms with van der Waals surface area (Å²) in [5.74, 6) is 0.428. The molecule has 0 aliphatic carbocycles. The number of aryl methyl sites for hydroxylation is 2. The van der Waals surface area contributed by atoms with Gasteiger partial charge in [-0.1, -0.05) is 18.2 Å². The van der Waals surface area contributed by atoms with Crippen molar-refractivity contribution in [3.05, 3.63) is 53.1 Å². The third kappa shape index (κ3) is 4.33. The highest BCUT2D eigenvalue weighted by atomic mass is 16.5. The lowest BCUT2D eigenvalue weighted by atomic mass is 10.1. The normalized spacial score (nSPS) is 10.2. The average Bonchev–Trinajstić information content (AvgIpc) is 2.63. The molecule has 0 saturated heterocycles. The van der Waals surface area contributed by atoms with Crippen LogP contribution in [-0.4, -0.2) is 44.5 Å². The molecule has 0 heterocycles. The Balaban J connectivity index is 2.10. The number of likely N-dealkylation sites (N-methyl/N-ethyl adjacent to an activating group) is 1. The van der Waals surface area contributed by atoms with E-state index < -0.39 is 0 Å². The van der Waals surface area contributed by atoms with Crippen molar-refractivity contribution in [1.82, 2.24) is 4.90 Å². The van der Waals surface area contributed by atoms with Crippen LogP contribution in [0.25, 0.3) is 0 Å². The van der Waals surface area contributed by atoms with Gasteiger partial charge >= 0.3 is 0 Å². The van der Waals surface area contributed by atoms with Crippen molar-refractivity contribution < 1.29 is 19.1 Å². The van der Waals surface area contributed by atoms with Gasteiger partial charge in [-0.3, -0.25) is 9.59 Å². The highest BCUT2D eigenvalue weighted by molar-refractivity contribution is 6.01. The van der Waals surface area contributed by atoms with Crippen LogP contribution in [0.3, 0.4) is 0 Å². The number of hydrogen-bond donors (Lipinski definition) is 1. The van der Waals surface area contributed by atoms with E-state index in [2.05, 4.69) is 5.32 Å². The Morgan fingerprint density at radius 3 is 2.27 bits per heavy atom. The minimum Gasteiger partial charge on any atom is -0.497 e. The Labute approximate surface area is 153 Å². The van der Waals surface area contributed by atoms with Gasteiger partial charge in [0, 0.05) is 18.8 Å². The van der Waals surface area contributed by atoms with Crippen LogP contribution in [0.4, 0.5) is 5.69 Å². The molecule has 0 aliphatic heterocycles. The predicted octanol–water partition coefficient (Wildman–Crippen LogP) is 3.03. The van der Waals surface area contributed by atoms with Crippen molar-refractivity contribution in [3.8, 4) is 11.5 Å². The standard InChI is InChI=1S/C20H24N2O4/c1-13-7-6-8-14(2)19(13)21-18(23)12-22(3)20(24)16-10-9-15(25-4)11-17(16)26-5/h6-11H,12H2,1-5H3,(H,21,23). The zero-order valence-electron chi connectivity index (χ0n) is 15.8. The highest BCUT2D eigenvalue weighted by Gasteiger charge is 2.20. The summed E-state index contributed by atoms with van der Waals surface area (Å²) in [6, 6.07) is 10.7. The summed E-state index contributed by atoms with van der Waals surface area (Å²) in [6.45, 7) is 3.79. The lowest BCUT2D eigenvalue weighted by Gasteiger charge is -2.19. The van der Waals surface area contributed by atoms with E-state index in [1.807, 2.05) is 32.0 Å². The van der Waals surface area contributed by atoms with E-state index in [0.29, 0.717) is 17.1 Å². The molecule has 0 aromatic heterocycles. The van der Waals surface area contributed by atoms with Gasteiger partial charge in [-0.05, 0) is 37.1 Å². The molecule has 2 amide bonds. The monoisotopic (exact) mass is 356 g/mol. The minimum atomic E-state index is -0.304. The number of nitrogens with one attached hydrogen (secondary N) is 1. The van der Waals surface area contributed by atoms with Crippen LogP contribution in [0, 0.1) is 13.8 Å². The minimum absolute atomic E-state index is 0.0677. The zero-order chi connectivity index (χ0) is 19.3. The third-order valence-corrected chi connectivity index (χ3v) is 4.11. The van der Waals surface area contributed by atoms with E-state index in [4.69, 9.17) is 9.47 Å². The molecule has 0 bridgehead atoms. The molecule has 2 aromatic rings. The summed E-state index contributed by atoms with van der Waals surface area (Å²) in [6.07, 6.45) is 0. The maximum absolute atomic E-state index is 12.7. The molecule has 26 heavy (non-hydrogen) atoms. The molecule has 0 aliphatic rings. The number of methoxy groups -OCH3 is 2. The van der Waals surface area contributed by atoms with Crippen LogP contribution in [0.2, 0.25) is 0 Å². The van der Waals surface area contributed by atoms with Gasteiger partial charge in [0.1, 0.15) is 11.5 Å². The Morgan fingerprint density at radius 2 is 1.69 bits per heavy atom. The molecule has 0 fully saturated rings. The maximum Gasteiger partial charge on any atom is 0.257 e. The van der Waals surface area contributed by atoms with Gasteiger partial charge in [-0.2, -0.15) is 0 Å². The van der Waals surface area contributed by atoms with Gasteiger partial charge in [-0.25, -0.2) is 0 Å². The number of ether oxygens (including phenoxy) is 2. The van der Waals surface area contributed by atoms with Gasteiger partial charge in [0.25, 0.3) is 5.91 Å². The SMILES string of the molecule is COc1ccc(C(=O)N(C)CC(=O)Nc2c(C)cccc2C)c(OC)c1. The quantitative estimate of drug-likeness (QED) is 0.864. The van der Waals surface area contributed by atoms with E-state index in [9.17, 15) is 9.59 Å². The second kappa shape index (κ2) is 8.38. The summed E-state index contributed by atoms with van der Waals surface area (Å²) < 4.78 is 10.4. The summed E-state index contributed by atoms with van der Waals surface area (Å²) in [5, 5.41) is 2.88. The fourth-order valence-corrected chi connectivity index (χ4v) is 2.66. The summed E-state index contributed by atoms with van der Waals surface area (Å²) >= 11 is 0. The molecule has 0 saturated carbocycles. The number of rotatable bonds is 6. The maximum atomic E-state index is 12.7. The Kier molecular flexibility index (Phi) is 6.22. The predicted molar refractivity (Wildman–Crippen MR) is 101 cm³/mol. The van der Waals surface area contributed by atoms with E-state index in [1.54, 1.807) is 32.4 Å². The average molecular weight is 356 g/mol. The van der Waals surface area contributed by atoms with Gasteiger partial charge < -0.3 is 19.7 Å². The summed E-state index contributed by atoms with van der Waals surface area (Å²) in [5.41, 5.74) is 3.10. The fraction of sp³-hybridized carbons (Fsp3) is 0.300. The molecule has 6 heteroatoms. The molecule has 1 N–H and O–H groups in total. The van der Waals surface area contributed by atoms with Crippen molar-refractivity contribution in [1.29, 1.82) is 0 Å². The van der Waals surface area contributed by atoms with Crippen molar-refractivity contribution in [2.75, 3.05) is 33.1 Å². The van der Waals surface area contributed by atoms with Crippen LogP contribution in [0.15, 0.2) is 36.4 Å². The van der Waals surface area contributed by atoms with Crippen LogP contribution < -0.4 is 14.8 Å². The van der Waals surface area contributed by atoms with Crippen molar-refractivity contribution in [2.45, 2.75) is 13.8 Å². The molecule has 2 rings (SSSR count). The number of amides is 2. The lowest BCUT2D eigenvalue weighted by Crippen LogP contribution is -2.35. The van der Waals surface area contributed by atoms with Gasteiger partial charge in [0.05, 0.1) is 26.3 Å². The summed E-state index contributed by atoms with van der Waals surface area (Å²) in [7, 11) is 4.61. The van der Waals surface area contributed by atoms with Crippen LogP contribution in [0.5, 0.6) is 11.5 Å². The second-order valence-corrected chi connectivity index (χ2v) is 6.04. The van der Waals surface area contributed by atoms with Crippen molar-refractivity contribution in [2.24, 2.45) is 0 Å². The second-order valence-electron chi connectivity index (χ2n) is 6.04. The lowest BCUT2D eigenvalue weighted by molar-refractivity contribution is -0.116. The van der Waals surface area contributed by atoms with Gasteiger partial charge in [0.15, 0.2) is 0 Å². The molecule has 6 nitrogen and oxygen atoms in total. The molecule has 2 aromatic carbocycles. The zero-order valence-corrected chi connectivity index (χ0v) is 15.8. The molecule has 0 radical (unpaired) electrons. The van der Waals surface area contributed by atoms with Gasteiger partial charge in [0.2, 0.25) is 5.91 Å². The number of carbonyl (C=O) groups excluding carboxylic acids is 2. The number of nitrogens with zero attached hydrogens (tertiary/aromatic N) is 1. The number of carbonyl (C=O) groups is 2. The first-order chi connectivity index (χ1) is 12.4. The Morgan fingerprint density at radius 1 is 1.04 bits per heavy atom. The topological polar surface area (TPSA) is 67.9 Å². The molecule has 0 atom stereocenters. The summed E-state index contributed by atoms with van der Waals surface area (Å²) in [4.78, 5) is 26.4. The van der Waals surface area contributed by atoms with E-state index in [-0.39, 0.29) is 18.4 Å². The van der Waals surface area contributed by atoms with Crippen molar-refractivity contribution in [3.63, 3.8) is 0 Å². The first kappa shape index (κ1) is 19.3. The van der Waals surface area contributed by atoms with E-state index >= 15 is 0 Å². The first-order valence-corrected chi connectivity index (χ1v) is 8.21. The van der Waals surface area contributed by atoms with E-state index in [1.165, 1.54) is 12.0 Å². The smallest absolute Gasteiger partial charge is 0.257 e. The van der Waals surface area contributed by atoms with Gasteiger partial charge in [-0.15, -0.1) is 0 Å². The fourth-order valence-electron chi connectivity index (χ4n) is 2.66. The van der Waals surface area contributed by atoms with Crippen molar-refractivity contribution >= 4 is 17.5 Å². The number of hydrogen-bond acceptors (Lipinski definition) is 4. The first-order valence-electron chi connectivity index (χ1n) is 8.21. The van der Waals surface area contributed by atoms with Crippen LogP contribution in [-0.2, 0) is 4.79 Å². The highest BCUT2D eigenvalue weighted by Crippen LogP contribution is 2.25. The number of para-hydroxylation sites is 1. The molecule has 0 unspecified atom stereocenters. The third-order valence-electron chi connectivity index (χ3n) is 4.11. The molecule has 0 spiro atoms. The molecule has 138 valence electrons. The molecular formula is C20H24N2O4.